The van der Waals surface area contributed by atoms with Crippen molar-refractivity contribution < 1.29 is 9.59 Å². The number of carbonyl (C=O) groups excluding carboxylic acids is 2. The molecule has 0 unspecified atom stereocenters. The first kappa shape index (κ1) is 29.9. The Morgan fingerprint density at radius 2 is 1.10 bits per heavy atom. The van der Waals surface area contributed by atoms with E-state index in [1.54, 1.807) is 12.4 Å². The Hall–Kier alpha value is -5.04. The van der Waals surface area contributed by atoms with Gasteiger partial charge in [-0.1, -0.05) is 30.3 Å². The number of carbonyl (C=O) groups is 2. The van der Waals surface area contributed by atoms with Crippen molar-refractivity contribution in [1.82, 2.24) is 0 Å². The maximum absolute atomic E-state index is 12.7. The first-order valence-electron chi connectivity index (χ1n) is 13.8. The number of aliphatic imine (C=N–C) groups is 2. The number of nitrogens with one attached hydrogen (secondary N) is 1. The van der Waals surface area contributed by atoms with Crippen molar-refractivity contribution in [2.75, 3.05) is 56.4 Å². The maximum atomic E-state index is 12.7. The number of anilines is 3. The predicted octanol–water partition coefficient (Wildman–Crippen LogP) is 6.03. The van der Waals surface area contributed by atoms with Crippen molar-refractivity contribution in [3.63, 3.8) is 0 Å². The Bertz CT molecular complexity index is 1450. The summed E-state index contributed by atoms with van der Waals surface area (Å²) in [5, 5.41) is 3.46. The monoisotopic (exact) mass is 559 g/mol. The van der Waals surface area contributed by atoms with Crippen molar-refractivity contribution in [1.29, 1.82) is 0 Å². The third kappa shape index (κ3) is 8.73. The number of ketones is 2. The Morgan fingerprint density at radius 1 is 0.643 bits per heavy atom. The molecule has 0 aliphatic carbocycles. The molecule has 0 heterocycles. The van der Waals surface area contributed by atoms with E-state index in [4.69, 9.17) is 0 Å². The molecule has 0 aliphatic heterocycles. The van der Waals surface area contributed by atoms with Gasteiger partial charge in [-0.25, -0.2) is 0 Å². The van der Waals surface area contributed by atoms with Gasteiger partial charge in [0.05, 0.1) is 0 Å². The molecule has 4 aromatic carbocycles. The van der Waals surface area contributed by atoms with Gasteiger partial charge >= 0.3 is 0 Å². The first-order valence-corrected chi connectivity index (χ1v) is 13.8. The number of hydrogen-bond donors (Lipinski definition) is 1. The fourth-order valence-corrected chi connectivity index (χ4v) is 4.27. The van der Waals surface area contributed by atoms with Gasteiger partial charge in [0.15, 0.2) is 11.6 Å². The summed E-state index contributed by atoms with van der Waals surface area (Å²) in [4.78, 5) is 38.2. The molecule has 0 saturated carbocycles. The fraction of sp³-hybridized carbons (Fsp3) is 0.200. The molecule has 0 saturated heterocycles. The van der Waals surface area contributed by atoms with E-state index < -0.39 is 0 Å². The molecule has 0 atom stereocenters. The van der Waals surface area contributed by atoms with Crippen LogP contribution in [-0.2, 0) is 6.54 Å². The van der Waals surface area contributed by atoms with Gasteiger partial charge < -0.3 is 15.1 Å². The zero-order valence-electron chi connectivity index (χ0n) is 24.6. The largest absolute Gasteiger partial charge is 0.381 e. The highest BCUT2D eigenvalue weighted by Crippen LogP contribution is 2.16. The van der Waals surface area contributed by atoms with E-state index in [-0.39, 0.29) is 24.7 Å². The highest BCUT2D eigenvalue weighted by Gasteiger charge is 2.07. The van der Waals surface area contributed by atoms with E-state index in [1.165, 1.54) is 0 Å². The molecule has 7 heteroatoms. The molecule has 0 aliphatic rings. The number of Topliss-reactive ketones (excluding diaryl/α,β-unsaturated/α-hetero) is 2. The van der Waals surface area contributed by atoms with E-state index in [9.17, 15) is 9.59 Å². The van der Waals surface area contributed by atoms with Crippen LogP contribution < -0.4 is 15.1 Å². The predicted molar refractivity (Wildman–Crippen MR) is 175 cm³/mol. The van der Waals surface area contributed by atoms with Gasteiger partial charge in [0.2, 0.25) is 0 Å². The maximum Gasteiger partial charge on any atom is 0.184 e. The molecular weight excluding hydrogens is 522 g/mol. The van der Waals surface area contributed by atoms with Crippen LogP contribution in [0.2, 0.25) is 0 Å². The molecule has 42 heavy (non-hydrogen) atoms. The molecule has 4 aromatic rings. The third-order valence-electron chi connectivity index (χ3n) is 6.68. The summed E-state index contributed by atoms with van der Waals surface area (Å²) < 4.78 is 0. The highest BCUT2D eigenvalue weighted by atomic mass is 16.1. The Morgan fingerprint density at radius 3 is 1.52 bits per heavy atom. The Kier molecular flexibility index (Phi) is 10.4. The normalized spacial score (nSPS) is 11.1. The second kappa shape index (κ2) is 14.6. The van der Waals surface area contributed by atoms with Crippen molar-refractivity contribution in [3.05, 3.63) is 125 Å². The molecule has 7 nitrogen and oxygen atoms in total. The van der Waals surface area contributed by atoms with E-state index in [0.717, 1.165) is 33.8 Å². The van der Waals surface area contributed by atoms with Crippen molar-refractivity contribution in [3.8, 4) is 0 Å². The van der Waals surface area contributed by atoms with E-state index >= 15 is 0 Å². The molecule has 0 aromatic heterocycles. The molecule has 0 amide bonds. The lowest BCUT2D eigenvalue weighted by Gasteiger charge is -2.12. The first-order chi connectivity index (χ1) is 20.3. The van der Waals surface area contributed by atoms with Gasteiger partial charge in [-0.2, -0.15) is 0 Å². The van der Waals surface area contributed by atoms with Crippen molar-refractivity contribution in [2.24, 2.45) is 9.98 Å². The number of hydrogen-bond acceptors (Lipinski definition) is 7. The lowest BCUT2D eigenvalue weighted by Crippen LogP contribution is -2.09. The molecule has 0 radical (unpaired) electrons. The van der Waals surface area contributed by atoms with Crippen LogP contribution >= 0.6 is 0 Å². The summed E-state index contributed by atoms with van der Waals surface area (Å²) in [6, 6.07) is 31.0. The van der Waals surface area contributed by atoms with Gasteiger partial charge in [-0.3, -0.25) is 19.6 Å². The summed E-state index contributed by atoms with van der Waals surface area (Å²) >= 11 is 0. The van der Waals surface area contributed by atoms with Crippen molar-refractivity contribution in [2.45, 2.75) is 6.54 Å². The van der Waals surface area contributed by atoms with Crippen LogP contribution in [0.3, 0.4) is 0 Å². The molecular formula is C35H37N5O2. The van der Waals surface area contributed by atoms with Gasteiger partial charge in [-0.05, 0) is 83.4 Å². The van der Waals surface area contributed by atoms with Crippen LogP contribution in [0.1, 0.15) is 37.4 Å². The van der Waals surface area contributed by atoms with E-state index in [2.05, 4.69) is 27.4 Å². The molecule has 214 valence electrons. The average molecular weight is 560 g/mol. The van der Waals surface area contributed by atoms with Gasteiger partial charge in [-0.15, -0.1) is 0 Å². The standard InChI is InChI=1S/C35H37N5O2/c1-39(2)32-14-10-29(11-15-32)34(41)24-36-21-27-18-28(20-31(19-27)38-23-26-8-6-5-7-9-26)22-37-25-35(42)30-12-16-33(17-13-30)40(3)4/h5-22,38H,23-25H2,1-4H3. The van der Waals surface area contributed by atoms with Crippen LogP contribution in [0.4, 0.5) is 17.1 Å². The minimum atomic E-state index is -0.0474. The lowest BCUT2D eigenvalue weighted by molar-refractivity contribution is 0.0994. The Balaban J connectivity index is 1.46. The van der Waals surface area contributed by atoms with Crippen LogP contribution in [-0.4, -0.2) is 65.3 Å². The second-order valence-electron chi connectivity index (χ2n) is 10.4. The zero-order chi connectivity index (χ0) is 29.9. The SMILES string of the molecule is CN(C)c1ccc(C(=O)CN=Cc2cc(C=NCC(=O)c3ccc(N(C)C)cc3)cc(NCc3ccccc3)c2)cc1. The molecule has 0 fully saturated rings. The quantitative estimate of drug-likeness (QED) is 0.160. The summed E-state index contributed by atoms with van der Waals surface area (Å²) in [5.74, 6) is -0.0948. The molecule has 1 N–H and O–H groups in total. The zero-order valence-corrected chi connectivity index (χ0v) is 24.6. The van der Waals surface area contributed by atoms with Crippen LogP contribution in [0.15, 0.2) is 107 Å². The van der Waals surface area contributed by atoms with Crippen LogP contribution in [0, 0.1) is 0 Å². The second-order valence-corrected chi connectivity index (χ2v) is 10.4. The summed E-state index contributed by atoms with van der Waals surface area (Å²) in [7, 11) is 7.85. The smallest absolute Gasteiger partial charge is 0.184 e. The fourth-order valence-electron chi connectivity index (χ4n) is 4.27. The highest BCUT2D eigenvalue weighted by molar-refractivity contribution is 6.00. The molecule has 4 rings (SSSR count). The number of rotatable bonds is 13. The summed E-state index contributed by atoms with van der Waals surface area (Å²) in [6.07, 6.45) is 3.41. The lowest BCUT2D eigenvalue weighted by atomic mass is 10.1. The topological polar surface area (TPSA) is 77.4 Å². The minimum Gasteiger partial charge on any atom is -0.381 e. The minimum absolute atomic E-state index is 0.0474. The summed E-state index contributed by atoms with van der Waals surface area (Å²) in [6.45, 7) is 0.752. The van der Waals surface area contributed by atoms with E-state index in [1.807, 2.05) is 123 Å². The third-order valence-corrected chi connectivity index (χ3v) is 6.68. The summed E-state index contributed by atoms with van der Waals surface area (Å²) in [5.41, 5.74) is 7.03. The van der Waals surface area contributed by atoms with Gasteiger partial charge in [0, 0.05) is 75.4 Å². The molecule has 0 spiro atoms. The van der Waals surface area contributed by atoms with E-state index in [0.29, 0.717) is 17.7 Å². The van der Waals surface area contributed by atoms with Gasteiger partial charge in [0.25, 0.3) is 0 Å². The van der Waals surface area contributed by atoms with Crippen LogP contribution in [0.25, 0.3) is 0 Å². The Labute approximate surface area is 248 Å². The van der Waals surface area contributed by atoms with Crippen LogP contribution in [0.5, 0.6) is 0 Å². The number of benzene rings is 4. The van der Waals surface area contributed by atoms with Crippen molar-refractivity contribution >= 4 is 41.1 Å². The average Bonchev–Trinajstić information content (AvgIpc) is 3.00. The number of nitrogens with zero attached hydrogens (tertiary/aromatic N) is 4. The van der Waals surface area contributed by atoms with Gasteiger partial charge in [0.1, 0.15) is 13.1 Å². The molecule has 0 bridgehead atoms.